The van der Waals surface area contributed by atoms with Crippen molar-refractivity contribution in [1.82, 2.24) is 5.32 Å². The third kappa shape index (κ3) is 4.52. The number of halogens is 2. The maximum absolute atomic E-state index is 12.9. The lowest BCUT2D eigenvalue weighted by molar-refractivity contribution is -0.140. The Labute approximate surface area is 111 Å². The maximum atomic E-state index is 12.9. The molecule has 0 unspecified atom stereocenters. The Morgan fingerprint density at radius 2 is 1.90 bits per heavy atom. The molecule has 0 fully saturated rings. The molecule has 0 aliphatic carbocycles. The minimum Gasteiger partial charge on any atom is -0.480 e. The monoisotopic (exact) mass is 287 g/mol. The van der Waals surface area contributed by atoms with Gasteiger partial charge >= 0.3 is 12.0 Å². The van der Waals surface area contributed by atoms with Crippen molar-refractivity contribution in [2.24, 2.45) is 5.73 Å². The number of hydrogen-bond acceptors (Lipinski definition) is 3. The topological polar surface area (TPSA) is 122 Å². The van der Waals surface area contributed by atoms with Crippen LogP contribution in [0, 0.1) is 11.6 Å². The van der Waals surface area contributed by atoms with Crippen LogP contribution in [0.15, 0.2) is 18.2 Å². The van der Waals surface area contributed by atoms with Gasteiger partial charge in [0.05, 0.1) is 6.42 Å². The summed E-state index contributed by atoms with van der Waals surface area (Å²) in [4.78, 5) is 32.8. The van der Waals surface area contributed by atoms with Gasteiger partial charge in [0.15, 0.2) is 11.6 Å². The van der Waals surface area contributed by atoms with Gasteiger partial charge < -0.3 is 21.5 Å². The summed E-state index contributed by atoms with van der Waals surface area (Å²) in [5.41, 5.74) is 4.75. The predicted octanol–water partition coefficient (Wildman–Crippen LogP) is 0.415. The zero-order valence-electron chi connectivity index (χ0n) is 10.0. The highest BCUT2D eigenvalue weighted by Gasteiger charge is 2.22. The smallest absolute Gasteiger partial charge is 0.326 e. The molecule has 20 heavy (non-hydrogen) atoms. The molecular formula is C11H11F2N3O4. The number of benzene rings is 1. The van der Waals surface area contributed by atoms with Crippen molar-refractivity contribution in [3.8, 4) is 0 Å². The number of nitrogens with two attached hydrogens (primary N) is 1. The highest BCUT2D eigenvalue weighted by atomic mass is 19.2. The lowest BCUT2D eigenvalue weighted by atomic mass is 10.2. The van der Waals surface area contributed by atoms with Gasteiger partial charge in [-0.2, -0.15) is 0 Å². The van der Waals surface area contributed by atoms with Crippen LogP contribution < -0.4 is 16.4 Å². The Hall–Kier alpha value is -2.71. The number of primary amides is 1. The number of amides is 3. The number of aliphatic carboxylic acids is 1. The highest BCUT2D eigenvalue weighted by molar-refractivity contribution is 5.93. The van der Waals surface area contributed by atoms with E-state index in [-0.39, 0.29) is 5.69 Å². The van der Waals surface area contributed by atoms with Crippen LogP contribution >= 0.6 is 0 Å². The van der Waals surface area contributed by atoms with Crippen molar-refractivity contribution in [2.75, 3.05) is 5.32 Å². The zero-order chi connectivity index (χ0) is 15.3. The molecule has 0 spiro atoms. The number of carboxylic acid groups (broad SMARTS) is 1. The third-order valence-corrected chi connectivity index (χ3v) is 2.19. The number of carbonyl (C=O) groups is 3. The molecule has 9 heteroatoms. The summed E-state index contributed by atoms with van der Waals surface area (Å²) in [6.07, 6.45) is -0.597. The second-order valence-corrected chi connectivity index (χ2v) is 3.79. The average Bonchev–Trinajstić information content (AvgIpc) is 2.32. The Morgan fingerprint density at radius 1 is 1.25 bits per heavy atom. The van der Waals surface area contributed by atoms with E-state index in [9.17, 15) is 23.2 Å². The molecule has 0 aromatic heterocycles. The molecular weight excluding hydrogens is 276 g/mol. The molecule has 5 N–H and O–H groups in total. The SMILES string of the molecule is NC(=O)C[C@H](NC(=O)Nc1ccc(F)c(F)c1)C(=O)O. The summed E-state index contributed by atoms with van der Waals surface area (Å²) in [6.45, 7) is 0. The van der Waals surface area contributed by atoms with Crippen LogP contribution in [-0.4, -0.2) is 29.1 Å². The quantitative estimate of drug-likeness (QED) is 0.626. The van der Waals surface area contributed by atoms with Gasteiger partial charge in [-0.1, -0.05) is 0 Å². The summed E-state index contributed by atoms with van der Waals surface area (Å²) in [6, 6.07) is 0.0892. The van der Waals surface area contributed by atoms with Gasteiger partial charge in [0.25, 0.3) is 0 Å². The summed E-state index contributed by atoms with van der Waals surface area (Å²) in [7, 11) is 0. The standard InChI is InChI=1S/C11H11F2N3O4/c12-6-2-1-5(3-7(6)13)15-11(20)16-8(10(18)19)4-9(14)17/h1-3,8H,4H2,(H2,14,17)(H,18,19)(H2,15,16,20)/t8-/m0/s1. The van der Waals surface area contributed by atoms with E-state index in [0.29, 0.717) is 0 Å². The first kappa shape index (κ1) is 15.3. The number of anilines is 1. The lowest BCUT2D eigenvalue weighted by Crippen LogP contribution is -2.45. The summed E-state index contributed by atoms with van der Waals surface area (Å²) >= 11 is 0. The van der Waals surface area contributed by atoms with Crippen molar-refractivity contribution in [3.63, 3.8) is 0 Å². The van der Waals surface area contributed by atoms with E-state index in [0.717, 1.165) is 18.2 Å². The van der Waals surface area contributed by atoms with E-state index in [1.54, 1.807) is 0 Å². The minimum atomic E-state index is -1.52. The molecule has 0 saturated heterocycles. The first-order valence-electron chi connectivity index (χ1n) is 5.33. The highest BCUT2D eigenvalue weighted by Crippen LogP contribution is 2.12. The summed E-state index contributed by atoms with van der Waals surface area (Å²) in [5, 5.41) is 12.8. The Bertz CT molecular complexity index is 550. The fourth-order valence-corrected chi connectivity index (χ4v) is 1.30. The van der Waals surface area contributed by atoms with Gasteiger partial charge in [0.1, 0.15) is 6.04 Å². The molecule has 108 valence electrons. The van der Waals surface area contributed by atoms with Crippen molar-refractivity contribution < 1.29 is 28.3 Å². The van der Waals surface area contributed by atoms with E-state index in [4.69, 9.17) is 10.8 Å². The minimum absolute atomic E-state index is 0.0791. The molecule has 1 aromatic rings. The normalized spacial score (nSPS) is 11.5. The molecule has 0 bridgehead atoms. The van der Waals surface area contributed by atoms with E-state index >= 15 is 0 Å². The number of carbonyl (C=O) groups excluding carboxylic acids is 2. The van der Waals surface area contributed by atoms with E-state index < -0.39 is 42.0 Å². The predicted molar refractivity (Wildman–Crippen MR) is 63.7 cm³/mol. The molecule has 0 radical (unpaired) electrons. The lowest BCUT2D eigenvalue weighted by Gasteiger charge is -2.13. The Balaban J connectivity index is 2.67. The van der Waals surface area contributed by atoms with Gasteiger partial charge in [-0.15, -0.1) is 0 Å². The largest absolute Gasteiger partial charge is 0.480 e. The van der Waals surface area contributed by atoms with Gasteiger partial charge in [-0.05, 0) is 12.1 Å². The molecule has 0 heterocycles. The number of nitrogens with one attached hydrogen (secondary N) is 2. The third-order valence-electron chi connectivity index (χ3n) is 2.19. The van der Waals surface area contributed by atoms with E-state index in [1.165, 1.54) is 0 Å². The molecule has 7 nitrogen and oxygen atoms in total. The molecule has 1 rings (SSSR count). The van der Waals surface area contributed by atoms with Crippen LogP contribution in [0.5, 0.6) is 0 Å². The van der Waals surface area contributed by atoms with Crippen LogP contribution in [0.1, 0.15) is 6.42 Å². The van der Waals surface area contributed by atoms with Crippen molar-refractivity contribution in [3.05, 3.63) is 29.8 Å². The molecule has 0 saturated carbocycles. The number of rotatable bonds is 5. The van der Waals surface area contributed by atoms with Crippen molar-refractivity contribution >= 4 is 23.6 Å². The number of carboxylic acids is 1. The average molecular weight is 287 g/mol. The van der Waals surface area contributed by atoms with Crippen LogP contribution in [0.2, 0.25) is 0 Å². The van der Waals surface area contributed by atoms with E-state index in [1.807, 2.05) is 5.32 Å². The number of urea groups is 1. The Morgan fingerprint density at radius 3 is 2.40 bits per heavy atom. The maximum Gasteiger partial charge on any atom is 0.326 e. The first-order chi connectivity index (χ1) is 9.29. The first-order valence-corrected chi connectivity index (χ1v) is 5.33. The zero-order valence-corrected chi connectivity index (χ0v) is 10.0. The molecule has 3 amide bonds. The fourth-order valence-electron chi connectivity index (χ4n) is 1.30. The van der Waals surface area contributed by atoms with Crippen LogP contribution in [0.25, 0.3) is 0 Å². The van der Waals surface area contributed by atoms with E-state index in [2.05, 4.69) is 5.32 Å². The summed E-state index contributed by atoms with van der Waals surface area (Å²) < 4.78 is 25.6. The molecule has 0 aliphatic rings. The molecule has 1 aromatic carbocycles. The summed E-state index contributed by atoms with van der Waals surface area (Å²) in [5.74, 6) is -4.63. The van der Waals surface area contributed by atoms with Crippen LogP contribution in [0.3, 0.4) is 0 Å². The van der Waals surface area contributed by atoms with Crippen LogP contribution in [-0.2, 0) is 9.59 Å². The van der Waals surface area contributed by atoms with Gasteiger partial charge in [-0.25, -0.2) is 18.4 Å². The fraction of sp³-hybridized carbons (Fsp3) is 0.182. The second kappa shape index (κ2) is 6.45. The second-order valence-electron chi connectivity index (χ2n) is 3.79. The Kier molecular flexibility index (Phi) is 4.95. The van der Waals surface area contributed by atoms with Gasteiger partial charge in [0.2, 0.25) is 5.91 Å². The molecule has 0 aliphatic heterocycles. The number of hydrogen-bond donors (Lipinski definition) is 4. The van der Waals surface area contributed by atoms with Crippen LogP contribution in [0.4, 0.5) is 19.3 Å². The van der Waals surface area contributed by atoms with Gasteiger partial charge in [-0.3, -0.25) is 4.79 Å². The van der Waals surface area contributed by atoms with Crippen molar-refractivity contribution in [2.45, 2.75) is 12.5 Å². The van der Waals surface area contributed by atoms with Gasteiger partial charge in [0, 0.05) is 11.8 Å². The molecule has 1 atom stereocenters. The van der Waals surface area contributed by atoms with Crippen molar-refractivity contribution in [1.29, 1.82) is 0 Å².